The lowest BCUT2D eigenvalue weighted by Crippen LogP contribution is -2.19. The number of carbonyl (C=O) groups is 2. The molecule has 0 radical (unpaired) electrons. The predicted octanol–water partition coefficient (Wildman–Crippen LogP) is 4.86. The maximum atomic E-state index is 12.0. The summed E-state index contributed by atoms with van der Waals surface area (Å²) >= 11 is 6.01. The van der Waals surface area contributed by atoms with E-state index in [9.17, 15) is 9.59 Å². The predicted molar refractivity (Wildman–Crippen MR) is 102 cm³/mol. The zero-order chi connectivity index (χ0) is 18.4. The second kappa shape index (κ2) is 8.45. The van der Waals surface area contributed by atoms with Crippen LogP contribution in [0.25, 0.3) is 11.1 Å². The molecule has 130 valence electrons. The first-order valence-electron chi connectivity index (χ1n) is 8.20. The molecule has 0 amide bonds. The van der Waals surface area contributed by atoms with Crippen molar-refractivity contribution in [3.8, 4) is 11.1 Å². The van der Waals surface area contributed by atoms with Gasteiger partial charge in [0, 0.05) is 11.4 Å². The summed E-state index contributed by atoms with van der Waals surface area (Å²) in [4.78, 5) is 23.9. The van der Waals surface area contributed by atoms with Crippen LogP contribution in [0.15, 0.2) is 78.9 Å². The summed E-state index contributed by atoms with van der Waals surface area (Å²) in [5, 5.41) is 0.669. The van der Waals surface area contributed by atoms with E-state index in [1.54, 1.807) is 0 Å². The fourth-order valence-electron chi connectivity index (χ4n) is 2.54. The Kier molecular flexibility index (Phi) is 5.82. The van der Waals surface area contributed by atoms with E-state index in [2.05, 4.69) is 0 Å². The second-order valence-corrected chi connectivity index (χ2v) is 6.31. The highest BCUT2D eigenvalue weighted by molar-refractivity contribution is 6.34. The van der Waals surface area contributed by atoms with Crippen molar-refractivity contribution in [1.82, 2.24) is 0 Å². The van der Waals surface area contributed by atoms with Crippen molar-refractivity contribution in [1.29, 1.82) is 0 Å². The van der Waals surface area contributed by atoms with Crippen LogP contribution in [0.4, 0.5) is 0 Å². The Labute approximate surface area is 157 Å². The Morgan fingerprint density at radius 1 is 0.769 bits per heavy atom. The summed E-state index contributed by atoms with van der Waals surface area (Å²) < 4.78 is 5.07. The fourth-order valence-corrected chi connectivity index (χ4v) is 2.73. The van der Waals surface area contributed by atoms with Crippen molar-refractivity contribution in [2.24, 2.45) is 0 Å². The third-order valence-corrected chi connectivity index (χ3v) is 4.15. The third kappa shape index (κ3) is 4.80. The minimum Gasteiger partial charge on any atom is -0.455 e. The van der Waals surface area contributed by atoms with Crippen LogP contribution in [0.1, 0.15) is 11.1 Å². The molecule has 0 heterocycles. The average Bonchev–Trinajstić information content (AvgIpc) is 2.67. The van der Waals surface area contributed by atoms with Gasteiger partial charge in [-0.3, -0.25) is 4.79 Å². The summed E-state index contributed by atoms with van der Waals surface area (Å²) in [5.74, 6) is -1.37. The van der Waals surface area contributed by atoms with E-state index in [1.807, 2.05) is 78.9 Å². The van der Waals surface area contributed by atoms with Gasteiger partial charge in [0.2, 0.25) is 5.78 Å². The highest BCUT2D eigenvalue weighted by atomic mass is 35.5. The first-order valence-corrected chi connectivity index (χ1v) is 8.58. The molecule has 3 nitrogen and oxygen atoms in total. The first kappa shape index (κ1) is 17.9. The van der Waals surface area contributed by atoms with Crippen molar-refractivity contribution in [2.45, 2.75) is 13.0 Å². The van der Waals surface area contributed by atoms with Gasteiger partial charge in [-0.05, 0) is 34.4 Å². The van der Waals surface area contributed by atoms with E-state index in [1.165, 1.54) is 0 Å². The molecule has 3 rings (SSSR count). The number of hydrogen-bond acceptors (Lipinski definition) is 3. The summed E-state index contributed by atoms with van der Waals surface area (Å²) in [6.07, 6.45) is 0.0173. The van der Waals surface area contributed by atoms with E-state index >= 15 is 0 Å². The van der Waals surface area contributed by atoms with Crippen LogP contribution in [-0.4, -0.2) is 11.8 Å². The second-order valence-electron chi connectivity index (χ2n) is 5.87. The van der Waals surface area contributed by atoms with Gasteiger partial charge >= 0.3 is 5.97 Å². The monoisotopic (exact) mass is 364 g/mol. The molecule has 0 N–H and O–H groups in total. The van der Waals surface area contributed by atoms with Gasteiger partial charge in [-0.1, -0.05) is 78.3 Å². The number of benzene rings is 3. The van der Waals surface area contributed by atoms with Crippen LogP contribution < -0.4 is 0 Å². The van der Waals surface area contributed by atoms with Crippen LogP contribution >= 0.6 is 11.6 Å². The topological polar surface area (TPSA) is 43.4 Å². The Morgan fingerprint density at radius 2 is 1.50 bits per heavy atom. The molecule has 0 spiro atoms. The standard InChI is InChI=1S/C22H17ClO3/c23-20-8-4-7-19(14-20)18-11-9-16(10-12-18)13-21(24)22(25)26-15-17-5-2-1-3-6-17/h1-12,14H,13,15H2. The van der Waals surface area contributed by atoms with Gasteiger partial charge in [0.05, 0.1) is 0 Å². The quantitative estimate of drug-likeness (QED) is 0.463. The number of Topliss-reactive ketones (excluding diaryl/α,β-unsaturated/α-hetero) is 1. The van der Waals surface area contributed by atoms with E-state index < -0.39 is 11.8 Å². The van der Waals surface area contributed by atoms with Crippen molar-refractivity contribution in [3.05, 3.63) is 95.0 Å². The lowest BCUT2D eigenvalue weighted by atomic mass is 10.0. The summed E-state index contributed by atoms with van der Waals surface area (Å²) in [7, 11) is 0. The summed E-state index contributed by atoms with van der Waals surface area (Å²) in [6.45, 7) is 0.0963. The molecule has 0 bridgehead atoms. The lowest BCUT2D eigenvalue weighted by molar-refractivity contribution is -0.154. The van der Waals surface area contributed by atoms with E-state index in [0.717, 1.165) is 22.3 Å². The molecule has 0 aromatic heterocycles. The van der Waals surface area contributed by atoms with E-state index in [-0.39, 0.29) is 13.0 Å². The molecule has 0 aliphatic rings. The minimum absolute atomic E-state index is 0.0173. The zero-order valence-corrected chi connectivity index (χ0v) is 14.8. The van der Waals surface area contributed by atoms with Crippen molar-refractivity contribution >= 4 is 23.4 Å². The minimum atomic E-state index is -0.812. The van der Waals surface area contributed by atoms with Crippen LogP contribution in [0.3, 0.4) is 0 Å². The van der Waals surface area contributed by atoms with E-state index in [0.29, 0.717) is 5.02 Å². The average molecular weight is 365 g/mol. The Morgan fingerprint density at radius 3 is 2.19 bits per heavy atom. The number of ketones is 1. The zero-order valence-electron chi connectivity index (χ0n) is 14.0. The number of halogens is 1. The van der Waals surface area contributed by atoms with Crippen LogP contribution in [0.5, 0.6) is 0 Å². The molecule has 4 heteroatoms. The normalized spacial score (nSPS) is 10.3. The number of ether oxygens (including phenoxy) is 1. The highest BCUT2D eigenvalue weighted by Crippen LogP contribution is 2.23. The first-order chi connectivity index (χ1) is 12.6. The van der Waals surface area contributed by atoms with Crippen molar-refractivity contribution in [2.75, 3.05) is 0 Å². The molecule has 3 aromatic carbocycles. The van der Waals surface area contributed by atoms with E-state index in [4.69, 9.17) is 16.3 Å². The van der Waals surface area contributed by atoms with Gasteiger partial charge < -0.3 is 4.74 Å². The molecule has 0 fully saturated rings. The maximum absolute atomic E-state index is 12.0. The molecule has 0 atom stereocenters. The van der Waals surface area contributed by atoms with Crippen molar-refractivity contribution in [3.63, 3.8) is 0 Å². The summed E-state index contributed by atoms with van der Waals surface area (Å²) in [6, 6.07) is 24.3. The lowest BCUT2D eigenvalue weighted by Gasteiger charge is -2.06. The van der Waals surface area contributed by atoms with Crippen LogP contribution in [0.2, 0.25) is 5.02 Å². The molecule has 0 unspecified atom stereocenters. The highest BCUT2D eigenvalue weighted by Gasteiger charge is 2.16. The maximum Gasteiger partial charge on any atom is 0.375 e. The van der Waals surface area contributed by atoms with Gasteiger partial charge in [0.1, 0.15) is 6.61 Å². The molecule has 0 saturated carbocycles. The van der Waals surface area contributed by atoms with Crippen LogP contribution in [-0.2, 0) is 27.4 Å². The molecule has 3 aromatic rings. The molecule has 0 aliphatic heterocycles. The molecular formula is C22H17ClO3. The smallest absolute Gasteiger partial charge is 0.375 e. The molecule has 0 aliphatic carbocycles. The number of rotatable bonds is 6. The number of hydrogen-bond donors (Lipinski definition) is 0. The Balaban J connectivity index is 1.58. The molecular weight excluding hydrogens is 348 g/mol. The number of esters is 1. The van der Waals surface area contributed by atoms with Gasteiger partial charge in [-0.2, -0.15) is 0 Å². The summed E-state index contributed by atoms with van der Waals surface area (Å²) in [5.41, 5.74) is 3.60. The van der Waals surface area contributed by atoms with Crippen molar-refractivity contribution < 1.29 is 14.3 Å². The van der Waals surface area contributed by atoms with Gasteiger partial charge in [0.25, 0.3) is 0 Å². The largest absolute Gasteiger partial charge is 0.455 e. The number of carbonyl (C=O) groups excluding carboxylic acids is 2. The van der Waals surface area contributed by atoms with Crippen LogP contribution in [0, 0.1) is 0 Å². The molecule has 26 heavy (non-hydrogen) atoms. The Bertz CT molecular complexity index is 902. The van der Waals surface area contributed by atoms with Gasteiger partial charge in [-0.25, -0.2) is 4.79 Å². The van der Waals surface area contributed by atoms with Gasteiger partial charge in [-0.15, -0.1) is 0 Å². The molecule has 0 saturated heterocycles. The SMILES string of the molecule is O=C(Cc1ccc(-c2cccc(Cl)c2)cc1)C(=O)OCc1ccccc1. The third-order valence-electron chi connectivity index (χ3n) is 3.92. The Hall–Kier alpha value is -2.91. The fraction of sp³-hybridized carbons (Fsp3) is 0.0909. The van der Waals surface area contributed by atoms with Gasteiger partial charge in [0.15, 0.2) is 0 Å².